The SMILES string of the molecule is CCOc1cc2nc(C3CC3)c(F)n2cc1Br.CCOc1cc2nc(C3CC3)c(F)n2cc1CC(=O)c1cccc(C(F)F)n1.CCOc1cc2nc(C3CC3)c(F)n2cc1N.CCOc1cc2nc(C3CC3)c(F)n2cc1N=C(c1ccccc1)c1ccccc1. The van der Waals surface area contributed by atoms with E-state index in [-0.39, 0.29) is 47.7 Å². The van der Waals surface area contributed by atoms with Gasteiger partial charge in [0, 0.05) is 95.8 Å². The summed E-state index contributed by atoms with van der Waals surface area (Å²) in [6.07, 6.45) is 11.4. The van der Waals surface area contributed by atoms with Gasteiger partial charge in [0.25, 0.3) is 6.43 Å². The first kappa shape index (κ1) is 62.9. The molecule has 2 aromatic carbocycles. The van der Waals surface area contributed by atoms with Gasteiger partial charge in [-0.25, -0.2) is 38.7 Å². The fourth-order valence-corrected chi connectivity index (χ4v) is 11.1. The van der Waals surface area contributed by atoms with Gasteiger partial charge in [0.2, 0.25) is 23.8 Å². The second-order valence-corrected chi connectivity index (χ2v) is 23.6. The first-order valence-electron chi connectivity index (χ1n) is 30.9. The summed E-state index contributed by atoms with van der Waals surface area (Å²) >= 11 is 3.37. The Morgan fingerprint density at radius 3 is 1.39 bits per heavy atom. The zero-order valence-corrected chi connectivity index (χ0v) is 52.5. The van der Waals surface area contributed by atoms with E-state index in [4.69, 9.17) is 29.7 Å². The maximum absolute atomic E-state index is 15.0. The van der Waals surface area contributed by atoms with Crippen LogP contribution in [0, 0.1) is 23.8 Å². The van der Waals surface area contributed by atoms with Crippen LogP contribution in [-0.2, 0) is 6.42 Å². The highest BCUT2D eigenvalue weighted by molar-refractivity contribution is 9.10. The average molecular weight is 1320 g/mol. The molecule has 4 fully saturated rings. The molecule has 15 rings (SSSR count). The van der Waals surface area contributed by atoms with Crippen molar-refractivity contribution >= 4 is 61.4 Å². The van der Waals surface area contributed by atoms with E-state index in [1.807, 2.05) is 81.4 Å². The molecule has 0 aliphatic heterocycles. The van der Waals surface area contributed by atoms with E-state index in [2.05, 4.69) is 40.8 Å². The number of Topliss-reactive ketones (excluding diaryl/α,β-unsaturated/α-hetero) is 1. The standard InChI is InChI=1S/C25H22FN3O.C20H18F3N3O2.C12H12BrFN2O.C12H14FN3O/c1-2-30-21-15-22-28-24(19-13-14-19)25(26)29(22)16-20(21)27-23(17-9-5-3-6-10-17)18-11-7-4-8-12-18;1-2-28-16-9-17-25-18(11-6-7-11)20(23)26(17)10-12(16)8-15(27)13-4-3-5-14(24-13)19(21)22;1-2-17-9-5-10-15-11(7-3-4-7)12(14)16(10)6-8(9)13;1-2-17-9-5-10-15-11(7-3-4-7)12(13)16(10)6-8(9)14/h3-12,15-16,19H,2,13-14H2,1H3;3-5,9-11,19H,2,6-8H2,1H3;5-7H,2-4H2,1H3;5-7H,2-4,14H2,1H3. The molecule has 4 aliphatic carbocycles. The summed E-state index contributed by atoms with van der Waals surface area (Å²) in [4.78, 5) is 38.8. The predicted octanol–water partition coefficient (Wildman–Crippen LogP) is 16.3. The van der Waals surface area contributed by atoms with E-state index in [0.29, 0.717) is 118 Å². The summed E-state index contributed by atoms with van der Waals surface area (Å²) in [6, 6.07) is 30.7. The van der Waals surface area contributed by atoms with Gasteiger partial charge in [0.15, 0.2) is 5.78 Å². The van der Waals surface area contributed by atoms with Crippen LogP contribution in [0.5, 0.6) is 23.0 Å². The summed E-state index contributed by atoms with van der Waals surface area (Å²) in [7, 11) is 0. The topological polar surface area (TPSA) is 174 Å². The van der Waals surface area contributed by atoms with Crippen molar-refractivity contribution in [3.8, 4) is 23.0 Å². The zero-order valence-electron chi connectivity index (χ0n) is 50.9. The lowest BCUT2D eigenvalue weighted by atomic mass is 10.0. The van der Waals surface area contributed by atoms with E-state index < -0.39 is 23.9 Å². The summed E-state index contributed by atoms with van der Waals surface area (Å²) in [6.45, 7) is 9.47. The van der Waals surface area contributed by atoms with Crippen molar-refractivity contribution in [2.24, 2.45) is 4.99 Å². The van der Waals surface area contributed by atoms with Crippen molar-refractivity contribution in [2.45, 2.75) is 116 Å². The van der Waals surface area contributed by atoms with Crippen LogP contribution in [0.2, 0.25) is 0 Å². The second kappa shape index (κ2) is 27.3. The Morgan fingerprint density at radius 2 is 0.924 bits per heavy atom. The summed E-state index contributed by atoms with van der Waals surface area (Å²) in [5.74, 6) is 1.52. The maximum Gasteiger partial charge on any atom is 0.280 e. The lowest BCUT2D eigenvalue weighted by Crippen LogP contribution is -2.10. The summed E-state index contributed by atoms with van der Waals surface area (Å²) in [5, 5.41) is 0. The predicted molar refractivity (Wildman–Crippen MR) is 341 cm³/mol. The van der Waals surface area contributed by atoms with E-state index in [0.717, 1.165) is 72.7 Å². The quantitative estimate of drug-likeness (QED) is 0.0463. The molecule has 16 nitrogen and oxygen atoms in total. The smallest absolute Gasteiger partial charge is 0.280 e. The van der Waals surface area contributed by atoms with Gasteiger partial charge < -0.3 is 24.7 Å². The molecule has 0 radical (unpaired) electrons. The first-order chi connectivity index (χ1) is 44.6. The van der Waals surface area contributed by atoms with Crippen molar-refractivity contribution in [3.05, 3.63) is 207 Å². The molecule has 0 amide bonds. The summed E-state index contributed by atoms with van der Waals surface area (Å²) in [5.41, 5.74) is 13.7. The number of hydrogen-bond acceptors (Lipinski definition) is 12. The van der Waals surface area contributed by atoms with Crippen molar-refractivity contribution in [1.29, 1.82) is 0 Å². The molecule has 0 saturated heterocycles. The average Bonchev–Trinajstić information content (AvgIpc) is 1.67. The van der Waals surface area contributed by atoms with Crippen LogP contribution in [0.3, 0.4) is 0 Å². The Labute approximate surface area is 534 Å². The monoisotopic (exact) mass is 1320 g/mol. The van der Waals surface area contributed by atoms with Crippen LogP contribution in [-0.4, -0.2) is 80.4 Å². The highest BCUT2D eigenvalue weighted by Crippen LogP contribution is 2.45. The number of halogens is 7. The molecule has 9 aromatic heterocycles. The van der Waals surface area contributed by atoms with Crippen LogP contribution in [0.1, 0.15) is 165 Å². The number of rotatable bonds is 19. The van der Waals surface area contributed by atoms with Gasteiger partial charge in [-0.1, -0.05) is 66.7 Å². The van der Waals surface area contributed by atoms with E-state index in [1.165, 1.54) is 48.2 Å². The molecule has 476 valence electrons. The van der Waals surface area contributed by atoms with Gasteiger partial charge in [-0.2, -0.15) is 17.6 Å². The fourth-order valence-electron chi connectivity index (χ4n) is 10.7. The molecule has 4 saturated carbocycles. The van der Waals surface area contributed by atoms with Gasteiger partial charge in [0.1, 0.15) is 62.7 Å². The number of nitrogen functional groups attached to an aromatic ring is 1. The molecular formula is C69H66BrF6N11O5. The number of aromatic nitrogens is 9. The number of imidazole rings is 4. The number of aliphatic imine (C=N–C) groups is 1. The number of anilines is 1. The lowest BCUT2D eigenvalue weighted by Gasteiger charge is -2.11. The van der Waals surface area contributed by atoms with Crippen LogP contribution >= 0.6 is 15.9 Å². The van der Waals surface area contributed by atoms with E-state index >= 15 is 4.39 Å². The second-order valence-electron chi connectivity index (χ2n) is 22.7. The number of nitrogens with zero attached hydrogens (tertiary/aromatic N) is 10. The molecule has 0 spiro atoms. The molecule has 4 aliphatic rings. The Hall–Kier alpha value is -9.25. The number of ether oxygens (including phenoxy) is 4. The minimum Gasteiger partial charge on any atom is -0.493 e. The van der Waals surface area contributed by atoms with Crippen LogP contribution in [0.4, 0.5) is 37.7 Å². The highest BCUT2D eigenvalue weighted by atomic mass is 79.9. The van der Waals surface area contributed by atoms with Crippen LogP contribution < -0.4 is 24.7 Å². The fraction of sp³-hybridized carbons (Fsp3) is 0.319. The Balaban J connectivity index is 0.000000122. The van der Waals surface area contributed by atoms with Gasteiger partial charge in [-0.05, 0) is 107 Å². The number of carbonyl (C=O) groups is 1. The molecule has 0 bridgehead atoms. The number of benzene rings is 2. The molecule has 2 N–H and O–H groups in total. The normalized spacial score (nSPS) is 14.3. The third-order valence-corrected chi connectivity index (χ3v) is 16.4. The van der Waals surface area contributed by atoms with Crippen molar-refractivity contribution in [1.82, 2.24) is 42.5 Å². The summed E-state index contributed by atoms with van der Waals surface area (Å²) < 4.78 is 112. The number of nitrogens with two attached hydrogens (primary N) is 1. The molecule has 92 heavy (non-hydrogen) atoms. The number of hydrogen-bond donors (Lipinski definition) is 1. The molecule has 0 unspecified atom stereocenters. The number of alkyl halides is 2. The molecule has 0 atom stereocenters. The molecule has 9 heterocycles. The Kier molecular flexibility index (Phi) is 18.7. The molecular weight excluding hydrogens is 1260 g/mol. The maximum atomic E-state index is 15.0. The third-order valence-electron chi connectivity index (χ3n) is 15.8. The Bertz CT molecular complexity index is 4380. The minimum absolute atomic E-state index is 0.0647. The van der Waals surface area contributed by atoms with Crippen LogP contribution in [0.15, 0.2) is 137 Å². The first-order valence-corrected chi connectivity index (χ1v) is 31.7. The van der Waals surface area contributed by atoms with E-state index in [1.54, 1.807) is 43.6 Å². The number of pyridine rings is 5. The largest absolute Gasteiger partial charge is 0.493 e. The van der Waals surface area contributed by atoms with Crippen molar-refractivity contribution in [2.75, 3.05) is 32.2 Å². The van der Waals surface area contributed by atoms with Crippen LogP contribution in [0.25, 0.3) is 22.6 Å². The lowest BCUT2D eigenvalue weighted by molar-refractivity contribution is 0.0984. The van der Waals surface area contributed by atoms with Gasteiger partial charge >= 0.3 is 0 Å². The van der Waals surface area contributed by atoms with Gasteiger partial charge in [-0.3, -0.25) is 22.4 Å². The number of ketones is 1. The number of fused-ring (bicyclic) bond motifs is 4. The zero-order chi connectivity index (χ0) is 64.3. The van der Waals surface area contributed by atoms with Gasteiger partial charge in [0.05, 0.1) is 65.1 Å². The molecule has 23 heteroatoms. The van der Waals surface area contributed by atoms with Gasteiger partial charge in [-0.15, -0.1) is 0 Å². The van der Waals surface area contributed by atoms with E-state index in [9.17, 15) is 26.7 Å². The minimum atomic E-state index is -2.76. The highest BCUT2D eigenvalue weighted by Gasteiger charge is 2.34. The van der Waals surface area contributed by atoms with Crippen molar-refractivity contribution in [3.63, 3.8) is 0 Å². The Morgan fingerprint density at radius 1 is 0.522 bits per heavy atom. The molecule has 11 aromatic rings. The van der Waals surface area contributed by atoms with Crippen molar-refractivity contribution < 1.29 is 50.1 Å². The number of carbonyl (C=O) groups excluding carboxylic acids is 1. The third kappa shape index (κ3) is 13.8.